The predicted molar refractivity (Wildman–Crippen MR) is 115 cm³/mol. The van der Waals surface area contributed by atoms with Crippen molar-refractivity contribution in [3.63, 3.8) is 0 Å². The van der Waals surface area contributed by atoms with Crippen molar-refractivity contribution in [1.82, 2.24) is 15.0 Å². The third kappa shape index (κ3) is 5.82. The standard InChI is InChI=1S/C23H27N3O5/c1-16(23(27)30-4)13-26(14-17-8-6-5-7-9-17)15-21-24-22(25-31-21)18-10-11-19(28-2)20(12-18)29-3/h5-12,16H,13-15H2,1-4H3. The number of methoxy groups -OCH3 is 3. The van der Waals surface area contributed by atoms with E-state index in [4.69, 9.17) is 18.7 Å². The zero-order valence-corrected chi connectivity index (χ0v) is 18.2. The normalized spacial score (nSPS) is 11.9. The molecule has 8 nitrogen and oxygen atoms in total. The first-order valence-corrected chi connectivity index (χ1v) is 9.93. The molecule has 0 bridgehead atoms. The molecular weight excluding hydrogens is 398 g/mol. The van der Waals surface area contributed by atoms with Gasteiger partial charge in [0.15, 0.2) is 11.5 Å². The van der Waals surface area contributed by atoms with Crippen LogP contribution in [0.4, 0.5) is 0 Å². The van der Waals surface area contributed by atoms with Crippen LogP contribution in [0.1, 0.15) is 18.4 Å². The Morgan fingerprint density at radius 1 is 1.03 bits per heavy atom. The first-order chi connectivity index (χ1) is 15.0. The van der Waals surface area contributed by atoms with Crippen LogP contribution in [0, 0.1) is 5.92 Å². The summed E-state index contributed by atoms with van der Waals surface area (Å²) in [6.07, 6.45) is 0. The third-order valence-corrected chi connectivity index (χ3v) is 4.85. The molecule has 0 aliphatic heterocycles. The van der Waals surface area contributed by atoms with Gasteiger partial charge >= 0.3 is 5.97 Å². The SMILES string of the molecule is COC(=O)C(C)CN(Cc1ccccc1)Cc1nc(-c2ccc(OC)c(OC)c2)no1. The Morgan fingerprint density at radius 2 is 1.77 bits per heavy atom. The van der Waals surface area contributed by atoms with Crippen LogP contribution in [-0.4, -0.2) is 48.9 Å². The maximum absolute atomic E-state index is 11.9. The lowest BCUT2D eigenvalue weighted by Crippen LogP contribution is -2.32. The summed E-state index contributed by atoms with van der Waals surface area (Å²) < 4.78 is 21.0. The second kappa shape index (κ2) is 10.6. The van der Waals surface area contributed by atoms with E-state index in [1.54, 1.807) is 26.4 Å². The molecule has 0 saturated carbocycles. The van der Waals surface area contributed by atoms with Gasteiger partial charge in [0.25, 0.3) is 0 Å². The van der Waals surface area contributed by atoms with Crippen LogP contribution < -0.4 is 9.47 Å². The molecule has 0 aliphatic carbocycles. The lowest BCUT2D eigenvalue weighted by molar-refractivity contribution is -0.145. The Hall–Kier alpha value is -3.39. The molecule has 3 rings (SSSR count). The topological polar surface area (TPSA) is 86.9 Å². The zero-order chi connectivity index (χ0) is 22.2. The fourth-order valence-corrected chi connectivity index (χ4v) is 3.29. The summed E-state index contributed by atoms with van der Waals surface area (Å²) >= 11 is 0. The van der Waals surface area contributed by atoms with E-state index in [0.717, 1.165) is 11.1 Å². The summed E-state index contributed by atoms with van der Waals surface area (Å²) in [5.74, 6) is 1.58. The minimum Gasteiger partial charge on any atom is -0.493 e. The van der Waals surface area contributed by atoms with Gasteiger partial charge in [-0.25, -0.2) is 0 Å². The van der Waals surface area contributed by atoms with Crippen molar-refractivity contribution >= 4 is 5.97 Å². The molecule has 1 heterocycles. The summed E-state index contributed by atoms with van der Waals surface area (Å²) in [7, 11) is 4.56. The largest absolute Gasteiger partial charge is 0.493 e. The van der Waals surface area contributed by atoms with Crippen molar-refractivity contribution in [3.8, 4) is 22.9 Å². The van der Waals surface area contributed by atoms with E-state index in [1.807, 2.05) is 43.3 Å². The number of carbonyl (C=O) groups excluding carboxylic acids is 1. The van der Waals surface area contributed by atoms with Gasteiger partial charge in [0, 0.05) is 18.7 Å². The van der Waals surface area contributed by atoms with E-state index >= 15 is 0 Å². The summed E-state index contributed by atoms with van der Waals surface area (Å²) in [5, 5.41) is 4.11. The van der Waals surface area contributed by atoms with Crippen LogP contribution in [0.3, 0.4) is 0 Å². The number of aromatic nitrogens is 2. The molecule has 0 radical (unpaired) electrons. The lowest BCUT2D eigenvalue weighted by atomic mass is 10.1. The maximum atomic E-state index is 11.9. The molecule has 0 amide bonds. The highest BCUT2D eigenvalue weighted by atomic mass is 16.5. The Morgan fingerprint density at radius 3 is 2.45 bits per heavy atom. The van der Waals surface area contributed by atoms with E-state index in [-0.39, 0.29) is 11.9 Å². The maximum Gasteiger partial charge on any atom is 0.309 e. The highest BCUT2D eigenvalue weighted by Crippen LogP contribution is 2.31. The molecule has 31 heavy (non-hydrogen) atoms. The molecule has 1 unspecified atom stereocenters. The predicted octanol–water partition coefficient (Wildman–Crippen LogP) is 3.57. The molecule has 164 valence electrons. The van der Waals surface area contributed by atoms with Crippen LogP contribution in [-0.2, 0) is 22.6 Å². The van der Waals surface area contributed by atoms with Crippen LogP contribution in [0.5, 0.6) is 11.5 Å². The van der Waals surface area contributed by atoms with Crippen molar-refractivity contribution in [3.05, 3.63) is 60.0 Å². The van der Waals surface area contributed by atoms with Gasteiger partial charge in [-0.1, -0.05) is 42.4 Å². The smallest absolute Gasteiger partial charge is 0.309 e. The van der Waals surface area contributed by atoms with Crippen molar-refractivity contribution in [2.45, 2.75) is 20.0 Å². The number of ether oxygens (including phenoxy) is 3. The molecule has 3 aromatic rings. The molecule has 0 N–H and O–H groups in total. The fraction of sp³-hybridized carbons (Fsp3) is 0.348. The van der Waals surface area contributed by atoms with Crippen LogP contribution in [0.2, 0.25) is 0 Å². The van der Waals surface area contributed by atoms with Crippen molar-refractivity contribution in [2.24, 2.45) is 5.92 Å². The molecule has 8 heteroatoms. The van der Waals surface area contributed by atoms with E-state index in [9.17, 15) is 4.79 Å². The zero-order valence-electron chi connectivity index (χ0n) is 18.2. The minimum atomic E-state index is -0.290. The van der Waals surface area contributed by atoms with E-state index < -0.39 is 0 Å². The van der Waals surface area contributed by atoms with Crippen LogP contribution in [0.25, 0.3) is 11.4 Å². The van der Waals surface area contributed by atoms with Crippen molar-refractivity contribution < 1.29 is 23.5 Å². The van der Waals surface area contributed by atoms with Crippen LogP contribution >= 0.6 is 0 Å². The highest BCUT2D eigenvalue weighted by molar-refractivity contribution is 5.72. The number of hydrogen-bond donors (Lipinski definition) is 0. The third-order valence-electron chi connectivity index (χ3n) is 4.85. The molecular formula is C23H27N3O5. The Bertz CT molecular complexity index is 990. The number of hydrogen-bond acceptors (Lipinski definition) is 8. The van der Waals surface area contributed by atoms with E-state index in [2.05, 4.69) is 15.0 Å². The average Bonchev–Trinajstić information content (AvgIpc) is 3.27. The molecule has 2 aromatic carbocycles. The average molecular weight is 425 g/mol. The Labute approximate surface area is 181 Å². The monoisotopic (exact) mass is 425 g/mol. The molecule has 1 aromatic heterocycles. The van der Waals surface area contributed by atoms with Crippen molar-refractivity contribution in [2.75, 3.05) is 27.9 Å². The molecule has 1 atom stereocenters. The van der Waals surface area contributed by atoms with Gasteiger partial charge in [0.1, 0.15) is 0 Å². The van der Waals surface area contributed by atoms with E-state index in [0.29, 0.717) is 42.8 Å². The molecule has 0 aliphatic rings. The highest BCUT2D eigenvalue weighted by Gasteiger charge is 2.21. The van der Waals surface area contributed by atoms with Crippen molar-refractivity contribution in [1.29, 1.82) is 0 Å². The summed E-state index contributed by atoms with van der Waals surface area (Å²) in [6, 6.07) is 15.5. The first-order valence-electron chi connectivity index (χ1n) is 9.93. The number of esters is 1. The Balaban J connectivity index is 1.78. The van der Waals surface area contributed by atoms with E-state index in [1.165, 1.54) is 7.11 Å². The van der Waals surface area contributed by atoms with Crippen LogP contribution in [0.15, 0.2) is 53.1 Å². The van der Waals surface area contributed by atoms with Gasteiger partial charge in [-0.2, -0.15) is 4.98 Å². The number of rotatable bonds is 10. The van der Waals surface area contributed by atoms with Gasteiger partial charge in [0.05, 0.1) is 33.8 Å². The quantitative estimate of drug-likeness (QED) is 0.456. The minimum absolute atomic E-state index is 0.255. The number of nitrogens with zero attached hydrogens (tertiary/aromatic N) is 3. The molecule has 0 saturated heterocycles. The van der Waals surface area contributed by atoms with Gasteiger partial charge in [-0.15, -0.1) is 0 Å². The van der Waals surface area contributed by atoms with Gasteiger partial charge in [-0.05, 0) is 23.8 Å². The summed E-state index contributed by atoms with van der Waals surface area (Å²) in [4.78, 5) is 18.6. The second-order valence-corrected chi connectivity index (χ2v) is 7.16. The first kappa shape index (κ1) is 22.3. The van der Waals surface area contributed by atoms with Gasteiger partial charge in [0.2, 0.25) is 11.7 Å². The molecule has 0 fully saturated rings. The number of carbonyl (C=O) groups is 1. The summed E-state index contributed by atoms with van der Waals surface area (Å²) in [6.45, 7) is 3.37. The summed E-state index contributed by atoms with van der Waals surface area (Å²) in [5.41, 5.74) is 1.88. The van der Waals surface area contributed by atoms with Gasteiger partial charge < -0.3 is 18.7 Å². The fourth-order valence-electron chi connectivity index (χ4n) is 3.29. The lowest BCUT2D eigenvalue weighted by Gasteiger charge is -2.23. The molecule has 0 spiro atoms. The number of benzene rings is 2. The second-order valence-electron chi connectivity index (χ2n) is 7.16. The van der Waals surface area contributed by atoms with Gasteiger partial charge in [-0.3, -0.25) is 9.69 Å². The Kier molecular flexibility index (Phi) is 7.61.